The third-order valence-electron chi connectivity index (χ3n) is 4.86. The molecular weight excluding hydrogens is 400 g/mol. The number of nitrogens with one attached hydrogen (secondary N) is 1. The molecule has 2 aromatic heterocycles. The summed E-state index contributed by atoms with van der Waals surface area (Å²) >= 11 is 0. The Hall–Kier alpha value is -4.19. The monoisotopic (exact) mass is 424 g/mol. The lowest BCUT2D eigenvalue weighted by molar-refractivity contribution is 0.0763. The summed E-state index contributed by atoms with van der Waals surface area (Å²) in [5, 5.41) is 3.27. The van der Waals surface area contributed by atoms with Crippen molar-refractivity contribution in [3.8, 4) is 11.6 Å². The minimum absolute atomic E-state index is 0.156. The average Bonchev–Trinajstić information content (AvgIpc) is 3.38. The quantitative estimate of drug-likeness (QED) is 0.368. The molecule has 0 saturated heterocycles. The topological polar surface area (TPSA) is 71.3 Å². The van der Waals surface area contributed by atoms with Gasteiger partial charge in [-0.15, -0.1) is 0 Å². The smallest absolute Gasteiger partial charge is 0.259 e. The highest BCUT2D eigenvalue weighted by molar-refractivity contribution is 5.99. The van der Waals surface area contributed by atoms with Gasteiger partial charge in [0.25, 0.3) is 5.91 Å². The summed E-state index contributed by atoms with van der Waals surface area (Å²) in [6, 6.07) is 23.1. The minimum atomic E-state index is -0.156. The van der Waals surface area contributed by atoms with Crippen molar-refractivity contribution in [3.63, 3.8) is 0 Å². The zero-order chi connectivity index (χ0) is 22.2. The third kappa shape index (κ3) is 5.10. The largest absolute Gasteiger partial charge is 0.461 e. The van der Waals surface area contributed by atoms with E-state index in [1.54, 1.807) is 29.5 Å². The molecule has 4 rings (SSSR count). The summed E-state index contributed by atoms with van der Waals surface area (Å²) in [5.74, 6) is 1.22. The number of allylic oxidation sites excluding steroid dienone is 1. The van der Waals surface area contributed by atoms with Crippen LogP contribution >= 0.6 is 0 Å². The predicted octanol–water partition coefficient (Wildman–Crippen LogP) is 5.70. The molecule has 0 fully saturated rings. The van der Waals surface area contributed by atoms with Crippen molar-refractivity contribution in [2.75, 3.05) is 11.9 Å². The average molecular weight is 425 g/mol. The van der Waals surface area contributed by atoms with Gasteiger partial charge in [0.15, 0.2) is 11.6 Å². The van der Waals surface area contributed by atoms with E-state index in [4.69, 9.17) is 4.42 Å². The molecule has 2 aromatic carbocycles. The molecule has 6 nitrogen and oxygen atoms in total. The molecule has 0 aliphatic carbocycles. The van der Waals surface area contributed by atoms with Crippen molar-refractivity contribution in [1.29, 1.82) is 0 Å². The van der Waals surface area contributed by atoms with Crippen LogP contribution in [0.4, 0.5) is 11.5 Å². The Labute approximate surface area is 187 Å². The van der Waals surface area contributed by atoms with Gasteiger partial charge in [-0.2, -0.15) is 0 Å². The van der Waals surface area contributed by atoms with E-state index in [1.165, 1.54) is 0 Å². The van der Waals surface area contributed by atoms with Gasteiger partial charge in [-0.3, -0.25) is 4.79 Å². The standard InChI is InChI=1S/C26H24N4O2/c1-2-3-16-30(19-20-11-6-4-7-12-20)26(31)22-18-27-25(23-15-10-17-32-23)29-24(22)28-21-13-8-5-9-14-21/h2-15,17-18H,16,19H2,1H3,(H,27,28,29)/b3-2+. The number of furan rings is 1. The first kappa shape index (κ1) is 21.1. The third-order valence-corrected chi connectivity index (χ3v) is 4.86. The van der Waals surface area contributed by atoms with Gasteiger partial charge in [-0.05, 0) is 36.8 Å². The number of benzene rings is 2. The van der Waals surface area contributed by atoms with Crippen molar-refractivity contribution < 1.29 is 9.21 Å². The van der Waals surface area contributed by atoms with Gasteiger partial charge in [0.05, 0.1) is 6.26 Å². The number of para-hydroxylation sites is 1. The molecule has 2 heterocycles. The maximum Gasteiger partial charge on any atom is 0.259 e. The van der Waals surface area contributed by atoms with Crippen molar-refractivity contribution in [3.05, 3.63) is 109 Å². The van der Waals surface area contributed by atoms with Gasteiger partial charge < -0.3 is 14.6 Å². The van der Waals surface area contributed by atoms with Crippen molar-refractivity contribution in [1.82, 2.24) is 14.9 Å². The number of carbonyl (C=O) groups is 1. The molecule has 32 heavy (non-hydrogen) atoms. The van der Waals surface area contributed by atoms with E-state index >= 15 is 0 Å². The SMILES string of the molecule is C/C=C/CN(Cc1ccccc1)C(=O)c1cnc(-c2ccco2)nc1Nc1ccccc1. The molecule has 0 radical (unpaired) electrons. The Balaban J connectivity index is 1.70. The maximum atomic E-state index is 13.6. The molecule has 4 aromatic rings. The molecule has 6 heteroatoms. The number of rotatable bonds is 8. The zero-order valence-corrected chi connectivity index (χ0v) is 17.8. The Bertz CT molecular complexity index is 1170. The number of nitrogens with zero attached hydrogens (tertiary/aromatic N) is 3. The lowest BCUT2D eigenvalue weighted by atomic mass is 10.1. The highest BCUT2D eigenvalue weighted by Gasteiger charge is 2.22. The second-order valence-electron chi connectivity index (χ2n) is 7.16. The van der Waals surface area contributed by atoms with Gasteiger partial charge in [-0.1, -0.05) is 60.7 Å². The van der Waals surface area contributed by atoms with Crippen LogP contribution in [0.5, 0.6) is 0 Å². The van der Waals surface area contributed by atoms with Gasteiger partial charge in [-0.25, -0.2) is 9.97 Å². The Kier molecular flexibility index (Phi) is 6.72. The molecule has 160 valence electrons. The molecule has 1 N–H and O–H groups in total. The Morgan fingerprint density at radius 3 is 2.47 bits per heavy atom. The zero-order valence-electron chi connectivity index (χ0n) is 17.8. The number of hydrogen-bond donors (Lipinski definition) is 1. The lowest BCUT2D eigenvalue weighted by Crippen LogP contribution is -2.31. The molecule has 0 saturated carbocycles. The molecule has 0 unspecified atom stereocenters. The van der Waals surface area contributed by atoms with E-state index in [0.717, 1.165) is 11.3 Å². The number of hydrogen-bond acceptors (Lipinski definition) is 5. The fourth-order valence-electron chi connectivity index (χ4n) is 3.24. The van der Waals surface area contributed by atoms with Crippen molar-refractivity contribution in [2.45, 2.75) is 13.5 Å². The molecule has 0 bridgehead atoms. The molecule has 1 amide bonds. The summed E-state index contributed by atoms with van der Waals surface area (Å²) in [5.41, 5.74) is 2.27. The van der Waals surface area contributed by atoms with E-state index in [2.05, 4.69) is 15.3 Å². The first-order chi connectivity index (χ1) is 15.7. The summed E-state index contributed by atoms with van der Waals surface area (Å²) < 4.78 is 5.45. The fraction of sp³-hybridized carbons (Fsp3) is 0.115. The summed E-state index contributed by atoms with van der Waals surface area (Å²) in [6.07, 6.45) is 7.03. The first-order valence-corrected chi connectivity index (χ1v) is 10.4. The van der Waals surface area contributed by atoms with Gasteiger partial charge >= 0.3 is 0 Å². The second kappa shape index (κ2) is 10.2. The number of aromatic nitrogens is 2. The molecule has 0 atom stereocenters. The van der Waals surface area contributed by atoms with Gasteiger partial charge in [0, 0.05) is 25.0 Å². The van der Waals surface area contributed by atoms with Crippen molar-refractivity contribution >= 4 is 17.4 Å². The van der Waals surface area contributed by atoms with E-state index in [-0.39, 0.29) is 5.91 Å². The van der Waals surface area contributed by atoms with E-state index in [0.29, 0.717) is 36.1 Å². The van der Waals surface area contributed by atoms with Crippen molar-refractivity contribution in [2.24, 2.45) is 0 Å². The van der Waals surface area contributed by atoms with Gasteiger partial charge in [0.2, 0.25) is 0 Å². The van der Waals surface area contributed by atoms with Gasteiger partial charge in [0.1, 0.15) is 11.4 Å². The second-order valence-corrected chi connectivity index (χ2v) is 7.16. The first-order valence-electron chi connectivity index (χ1n) is 10.4. The Morgan fingerprint density at radius 1 is 1.03 bits per heavy atom. The minimum Gasteiger partial charge on any atom is -0.461 e. The van der Waals surface area contributed by atoms with Crippen LogP contribution < -0.4 is 5.32 Å². The molecule has 0 spiro atoms. The summed E-state index contributed by atoms with van der Waals surface area (Å²) in [6.45, 7) is 2.90. The van der Waals surface area contributed by atoms with Crippen LogP contribution in [0.3, 0.4) is 0 Å². The highest BCUT2D eigenvalue weighted by Crippen LogP contribution is 2.24. The molecule has 0 aliphatic heterocycles. The van der Waals surface area contributed by atoms with E-state index in [1.807, 2.05) is 79.7 Å². The normalized spacial score (nSPS) is 10.9. The Morgan fingerprint density at radius 2 is 1.78 bits per heavy atom. The van der Waals surface area contributed by atoms with Crippen LogP contribution in [0, 0.1) is 0 Å². The summed E-state index contributed by atoms with van der Waals surface area (Å²) in [4.78, 5) is 24.4. The van der Waals surface area contributed by atoms with Crippen LogP contribution in [0.1, 0.15) is 22.8 Å². The van der Waals surface area contributed by atoms with Crippen LogP contribution in [0.15, 0.2) is 102 Å². The number of amides is 1. The fourth-order valence-corrected chi connectivity index (χ4v) is 3.24. The highest BCUT2D eigenvalue weighted by atomic mass is 16.3. The summed E-state index contributed by atoms with van der Waals surface area (Å²) in [7, 11) is 0. The van der Waals surface area contributed by atoms with Crippen LogP contribution in [-0.4, -0.2) is 27.3 Å². The lowest BCUT2D eigenvalue weighted by Gasteiger charge is -2.23. The number of anilines is 2. The van der Waals surface area contributed by atoms with Crippen LogP contribution in [0.25, 0.3) is 11.6 Å². The molecule has 0 aliphatic rings. The van der Waals surface area contributed by atoms with E-state index < -0.39 is 0 Å². The number of carbonyl (C=O) groups excluding carboxylic acids is 1. The van der Waals surface area contributed by atoms with Crippen LogP contribution in [0.2, 0.25) is 0 Å². The predicted molar refractivity (Wildman–Crippen MR) is 125 cm³/mol. The van der Waals surface area contributed by atoms with E-state index in [9.17, 15) is 4.79 Å². The van der Waals surface area contributed by atoms with Crippen LogP contribution in [-0.2, 0) is 6.54 Å². The maximum absolute atomic E-state index is 13.6. The molecular formula is C26H24N4O2.